The maximum atomic E-state index is 14.2. The molecule has 0 aliphatic carbocycles. The number of nitrogens with zero attached hydrogens (tertiary/aromatic N) is 4. The van der Waals surface area contributed by atoms with Crippen molar-refractivity contribution in [1.82, 2.24) is 19.7 Å². The van der Waals surface area contributed by atoms with Gasteiger partial charge in [-0.2, -0.15) is 27.5 Å². The fraction of sp³-hybridized carbons (Fsp3) is 0.357. The minimum Gasteiger partial charge on any atom is -0.480 e. The van der Waals surface area contributed by atoms with Gasteiger partial charge in [-0.1, -0.05) is 30.3 Å². The fourth-order valence-corrected chi connectivity index (χ4v) is 6.31. The van der Waals surface area contributed by atoms with Crippen molar-refractivity contribution in [3.63, 3.8) is 0 Å². The lowest BCUT2D eigenvalue weighted by atomic mass is 9.76. The van der Waals surface area contributed by atoms with Crippen molar-refractivity contribution in [1.29, 1.82) is 0 Å². The summed E-state index contributed by atoms with van der Waals surface area (Å²) in [6.45, 7) is 1.73. The molecule has 13 heteroatoms. The average molecular weight is 585 g/mol. The predicted molar refractivity (Wildman–Crippen MR) is 149 cm³/mol. The Hall–Kier alpha value is -3.97. The van der Waals surface area contributed by atoms with Crippen LogP contribution in [0.25, 0.3) is 21.2 Å². The highest BCUT2D eigenvalue weighted by Crippen LogP contribution is 2.41. The first-order valence-electron chi connectivity index (χ1n) is 13.1. The second-order valence-corrected chi connectivity index (χ2v) is 11.5. The summed E-state index contributed by atoms with van der Waals surface area (Å²) < 4.78 is 53.2. The zero-order valence-electron chi connectivity index (χ0n) is 21.8. The molecule has 0 amide bonds. The number of aromatic nitrogens is 3. The number of hydrogen-bond donors (Lipinski definition) is 3. The van der Waals surface area contributed by atoms with Crippen molar-refractivity contribution in [2.24, 2.45) is 5.41 Å². The SMILES string of the molecule is Nc1nc(O[C@H](c2ccc(-c3ccc4sncc4c3)cc2)C(F)(F)F)cc(N2CCC3(CC2)CN[C@H](C(=O)O)C3)n1. The highest BCUT2D eigenvalue weighted by atomic mass is 32.1. The Morgan fingerprint density at radius 2 is 1.85 bits per heavy atom. The highest BCUT2D eigenvalue weighted by Gasteiger charge is 2.45. The molecular weight excluding hydrogens is 557 g/mol. The molecule has 2 aliphatic rings. The molecule has 4 N–H and O–H groups in total. The monoisotopic (exact) mass is 584 g/mol. The van der Waals surface area contributed by atoms with Crippen LogP contribution in [0.1, 0.15) is 30.9 Å². The number of nitrogens with one attached hydrogen (secondary N) is 1. The minimum atomic E-state index is -4.71. The summed E-state index contributed by atoms with van der Waals surface area (Å²) in [6.07, 6.45) is -3.23. The highest BCUT2D eigenvalue weighted by molar-refractivity contribution is 7.13. The number of benzene rings is 2. The van der Waals surface area contributed by atoms with Crippen LogP contribution in [0.3, 0.4) is 0 Å². The summed E-state index contributed by atoms with van der Waals surface area (Å²) in [4.78, 5) is 21.5. The number of nitrogens with two attached hydrogens (primary N) is 1. The second kappa shape index (κ2) is 10.5. The van der Waals surface area contributed by atoms with E-state index in [2.05, 4.69) is 19.7 Å². The molecule has 0 unspecified atom stereocenters. The number of alkyl halides is 3. The third kappa shape index (κ3) is 5.64. The number of aliphatic carboxylic acids is 1. The van der Waals surface area contributed by atoms with Crippen molar-refractivity contribution in [2.45, 2.75) is 37.6 Å². The Labute approximate surface area is 237 Å². The third-order valence-corrected chi connectivity index (χ3v) is 8.73. The van der Waals surface area contributed by atoms with Crippen LogP contribution in [0.15, 0.2) is 54.7 Å². The number of carboxylic acids is 1. The van der Waals surface area contributed by atoms with Gasteiger partial charge in [0.1, 0.15) is 11.9 Å². The minimum absolute atomic E-state index is 0.0695. The van der Waals surface area contributed by atoms with Gasteiger partial charge in [-0.15, -0.1) is 0 Å². The van der Waals surface area contributed by atoms with E-state index in [9.17, 15) is 23.1 Å². The van der Waals surface area contributed by atoms with Crippen molar-refractivity contribution >= 4 is 39.4 Å². The second-order valence-electron chi connectivity index (χ2n) is 10.6. The summed E-state index contributed by atoms with van der Waals surface area (Å²) in [5.74, 6) is -0.956. The zero-order valence-corrected chi connectivity index (χ0v) is 22.6. The largest absolute Gasteiger partial charge is 0.480 e. The zero-order chi connectivity index (χ0) is 28.8. The van der Waals surface area contributed by atoms with Crippen LogP contribution < -0.4 is 20.7 Å². The van der Waals surface area contributed by atoms with E-state index in [-0.39, 0.29) is 22.8 Å². The van der Waals surface area contributed by atoms with Crippen molar-refractivity contribution in [3.05, 3.63) is 60.3 Å². The molecule has 4 heterocycles. The number of nitrogen functional groups attached to an aromatic ring is 1. The lowest BCUT2D eigenvalue weighted by Gasteiger charge is -2.39. The number of rotatable bonds is 6. The van der Waals surface area contributed by atoms with Gasteiger partial charge in [0.05, 0.1) is 4.70 Å². The van der Waals surface area contributed by atoms with Crippen molar-refractivity contribution in [2.75, 3.05) is 30.3 Å². The first-order chi connectivity index (χ1) is 19.6. The predicted octanol–water partition coefficient (Wildman–Crippen LogP) is 5.05. The van der Waals surface area contributed by atoms with Crippen LogP contribution >= 0.6 is 11.5 Å². The molecule has 6 rings (SSSR count). The average Bonchev–Trinajstić information content (AvgIpc) is 3.58. The molecule has 2 aromatic heterocycles. The number of anilines is 2. The number of carboxylic acid groups (broad SMARTS) is 1. The van der Waals surface area contributed by atoms with Crippen LogP contribution in [-0.2, 0) is 4.79 Å². The molecule has 2 fully saturated rings. The number of ether oxygens (including phenoxy) is 1. The summed E-state index contributed by atoms with van der Waals surface area (Å²) >= 11 is 1.38. The molecule has 0 radical (unpaired) electrons. The maximum Gasteiger partial charge on any atom is 0.429 e. The van der Waals surface area contributed by atoms with Gasteiger partial charge in [0.25, 0.3) is 0 Å². The first-order valence-corrected chi connectivity index (χ1v) is 13.9. The van der Waals surface area contributed by atoms with E-state index >= 15 is 0 Å². The standard InChI is InChI=1S/C28H27F3N6O3S/c29-28(30,31)24(17-3-1-16(2-4-17)18-5-6-21-19(11-18)14-34-41-21)40-23-12-22(35-26(32)36-23)37-9-7-27(8-10-37)13-20(25(38)39)33-15-27/h1-6,11-12,14,20,24,33H,7-10,13,15H2,(H,38,39)(H2,32,35,36)/t20-,24+/m0/s1. The molecule has 214 valence electrons. The molecule has 0 bridgehead atoms. The molecule has 2 atom stereocenters. The van der Waals surface area contributed by atoms with Gasteiger partial charge in [0.2, 0.25) is 17.9 Å². The molecule has 2 saturated heterocycles. The van der Waals surface area contributed by atoms with E-state index in [0.29, 0.717) is 31.9 Å². The number of hydrogen-bond acceptors (Lipinski definition) is 9. The summed E-state index contributed by atoms with van der Waals surface area (Å²) in [5, 5.41) is 13.4. The van der Waals surface area contributed by atoms with Gasteiger partial charge in [-0.25, -0.2) is 0 Å². The smallest absolute Gasteiger partial charge is 0.429 e. The number of piperidine rings is 1. The van der Waals surface area contributed by atoms with Gasteiger partial charge in [0.15, 0.2) is 0 Å². The fourth-order valence-electron chi connectivity index (χ4n) is 5.68. The number of halogens is 3. The van der Waals surface area contributed by atoms with Crippen LogP contribution in [0.2, 0.25) is 0 Å². The van der Waals surface area contributed by atoms with Gasteiger partial charge in [0, 0.05) is 42.8 Å². The quantitative estimate of drug-likeness (QED) is 0.285. The maximum absolute atomic E-state index is 14.2. The molecule has 0 saturated carbocycles. The molecular formula is C28H27F3N6O3S. The van der Waals surface area contributed by atoms with E-state index < -0.39 is 24.3 Å². The Morgan fingerprint density at radius 1 is 1.12 bits per heavy atom. The van der Waals surface area contributed by atoms with Crippen LogP contribution in [0.5, 0.6) is 5.88 Å². The van der Waals surface area contributed by atoms with Crippen LogP contribution in [-0.4, -0.2) is 57.3 Å². The number of carbonyl (C=O) groups is 1. The molecule has 2 aliphatic heterocycles. The third-order valence-electron chi connectivity index (χ3n) is 7.95. The Balaban J connectivity index is 1.19. The van der Waals surface area contributed by atoms with Crippen LogP contribution in [0.4, 0.5) is 24.9 Å². The molecule has 41 heavy (non-hydrogen) atoms. The molecule has 1 spiro atoms. The first kappa shape index (κ1) is 27.2. The molecule has 2 aromatic carbocycles. The van der Waals surface area contributed by atoms with Gasteiger partial charge < -0.3 is 25.8 Å². The van der Waals surface area contributed by atoms with Crippen molar-refractivity contribution < 1.29 is 27.8 Å². The summed E-state index contributed by atoms with van der Waals surface area (Å²) in [5.41, 5.74) is 7.33. The Kier molecular flexibility index (Phi) is 6.94. The molecule has 9 nitrogen and oxygen atoms in total. The van der Waals surface area contributed by atoms with Crippen LogP contribution in [0, 0.1) is 5.41 Å². The van der Waals surface area contributed by atoms with E-state index in [0.717, 1.165) is 34.1 Å². The van der Waals surface area contributed by atoms with Gasteiger partial charge in [-0.3, -0.25) is 4.79 Å². The van der Waals surface area contributed by atoms with Crippen molar-refractivity contribution in [3.8, 4) is 17.0 Å². The van der Waals surface area contributed by atoms with E-state index in [1.807, 2.05) is 23.1 Å². The normalized spacial score (nSPS) is 19.5. The van der Waals surface area contributed by atoms with Gasteiger partial charge >= 0.3 is 12.1 Å². The lowest BCUT2D eigenvalue weighted by molar-refractivity contribution is -0.198. The topological polar surface area (TPSA) is 126 Å². The molecule has 4 aromatic rings. The lowest BCUT2D eigenvalue weighted by Crippen LogP contribution is -2.41. The Morgan fingerprint density at radius 3 is 2.54 bits per heavy atom. The Bertz CT molecular complexity index is 1570. The number of fused-ring (bicyclic) bond motifs is 1. The van der Waals surface area contributed by atoms with E-state index in [1.54, 1.807) is 18.3 Å². The van der Waals surface area contributed by atoms with E-state index in [4.69, 9.17) is 10.5 Å². The summed E-state index contributed by atoms with van der Waals surface area (Å²) in [6, 6.07) is 12.7. The van der Waals surface area contributed by atoms with E-state index in [1.165, 1.54) is 29.7 Å². The van der Waals surface area contributed by atoms with Gasteiger partial charge in [-0.05, 0) is 59.5 Å². The summed E-state index contributed by atoms with van der Waals surface area (Å²) in [7, 11) is 0.